The van der Waals surface area contributed by atoms with Crippen molar-refractivity contribution in [3.05, 3.63) is 71.8 Å². The van der Waals surface area contributed by atoms with Crippen LogP contribution in [0.5, 0.6) is 0 Å². The molecule has 4 nitrogen and oxygen atoms in total. The van der Waals surface area contributed by atoms with Crippen LogP contribution >= 0.6 is 0 Å². The van der Waals surface area contributed by atoms with E-state index in [4.69, 9.17) is 4.74 Å². The summed E-state index contributed by atoms with van der Waals surface area (Å²) >= 11 is 0. The fraction of sp³-hybridized carbons (Fsp3) is 0.480. The van der Waals surface area contributed by atoms with E-state index in [0.717, 1.165) is 25.7 Å². The Kier molecular flexibility index (Phi) is 6.63. The average molecular weight is 396 g/mol. The highest BCUT2D eigenvalue weighted by atomic mass is 16.6. The molecule has 0 radical (unpaired) electrons. The van der Waals surface area contributed by atoms with Crippen LogP contribution in [0.4, 0.5) is 4.79 Å². The number of aliphatic hydroxyl groups excluding tert-OH is 1. The maximum absolute atomic E-state index is 12.5. The van der Waals surface area contributed by atoms with E-state index in [9.17, 15) is 9.90 Å². The van der Waals surface area contributed by atoms with Crippen molar-refractivity contribution in [1.29, 1.82) is 0 Å². The molecule has 0 unspecified atom stereocenters. The lowest BCUT2D eigenvalue weighted by Crippen LogP contribution is -2.54. The number of β-amino-alcohol motifs (C(OH)–C–C–N with tert-alkyl or cyclic N) is 1. The van der Waals surface area contributed by atoms with E-state index in [1.54, 1.807) is 4.90 Å². The van der Waals surface area contributed by atoms with Gasteiger partial charge < -0.3 is 14.7 Å². The minimum absolute atomic E-state index is 0.254. The van der Waals surface area contributed by atoms with Crippen molar-refractivity contribution in [3.63, 3.8) is 0 Å². The molecule has 1 saturated heterocycles. The number of likely N-dealkylation sites (tertiary alicyclic amines) is 1. The van der Waals surface area contributed by atoms with Crippen molar-refractivity contribution >= 4 is 6.09 Å². The van der Waals surface area contributed by atoms with Crippen LogP contribution < -0.4 is 0 Å². The van der Waals surface area contributed by atoms with Gasteiger partial charge in [0.2, 0.25) is 0 Å². The number of carbonyl (C=O) groups excluding carboxylic acids is 1. The van der Waals surface area contributed by atoms with Gasteiger partial charge in [0.25, 0.3) is 0 Å². The van der Waals surface area contributed by atoms with E-state index in [0.29, 0.717) is 13.1 Å². The first-order chi connectivity index (χ1) is 13.8. The highest BCUT2D eigenvalue weighted by molar-refractivity contribution is 5.68. The molecule has 3 rings (SSSR count). The molecular formula is C25H33NO3. The summed E-state index contributed by atoms with van der Waals surface area (Å²) in [7, 11) is 0. The van der Waals surface area contributed by atoms with E-state index < -0.39 is 11.7 Å². The van der Waals surface area contributed by atoms with Gasteiger partial charge in [-0.1, -0.05) is 60.7 Å². The summed E-state index contributed by atoms with van der Waals surface area (Å²) in [5.41, 5.74) is 1.72. The second-order valence-electron chi connectivity index (χ2n) is 9.20. The Hall–Kier alpha value is -2.33. The number of hydrogen-bond acceptors (Lipinski definition) is 3. The summed E-state index contributed by atoms with van der Waals surface area (Å²) in [6.45, 7) is 6.52. The molecule has 2 atom stereocenters. The molecule has 29 heavy (non-hydrogen) atoms. The number of aliphatic hydroxyl groups is 1. The number of carbonyl (C=O) groups is 1. The molecule has 1 fully saturated rings. The number of nitrogens with zero attached hydrogens (tertiary/aromatic N) is 1. The van der Waals surface area contributed by atoms with Crippen molar-refractivity contribution in [2.45, 2.75) is 58.2 Å². The summed E-state index contributed by atoms with van der Waals surface area (Å²) < 4.78 is 5.52. The highest BCUT2D eigenvalue weighted by Gasteiger charge is 2.43. The smallest absolute Gasteiger partial charge is 0.410 e. The van der Waals surface area contributed by atoms with Crippen LogP contribution in [0.2, 0.25) is 0 Å². The average Bonchev–Trinajstić information content (AvgIpc) is 2.68. The lowest BCUT2D eigenvalue weighted by molar-refractivity contribution is -0.0575. The minimum Gasteiger partial charge on any atom is -0.444 e. The normalized spacial score (nSPS) is 22.3. The van der Waals surface area contributed by atoms with E-state index in [1.165, 1.54) is 11.1 Å². The number of aryl methyl sites for hydroxylation is 1. The zero-order valence-electron chi connectivity index (χ0n) is 17.8. The first-order valence-electron chi connectivity index (χ1n) is 10.5. The van der Waals surface area contributed by atoms with Crippen LogP contribution in [0, 0.1) is 5.41 Å². The summed E-state index contributed by atoms with van der Waals surface area (Å²) in [4.78, 5) is 14.2. The van der Waals surface area contributed by atoms with Crippen molar-refractivity contribution in [2.75, 3.05) is 13.1 Å². The maximum atomic E-state index is 12.5. The quantitative estimate of drug-likeness (QED) is 0.787. The molecular weight excluding hydrogens is 362 g/mol. The lowest BCUT2D eigenvalue weighted by atomic mass is 9.68. The van der Waals surface area contributed by atoms with Crippen molar-refractivity contribution in [3.8, 4) is 0 Å². The Morgan fingerprint density at radius 2 is 1.66 bits per heavy atom. The summed E-state index contributed by atoms with van der Waals surface area (Å²) in [6.07, 6.45) is 2.44. The van der Waals surface area contributed by atoms with Crippen molar-refractivity contribution in [2.24, 2.45) is 5.41 Å². The SMILES string of the molecule is CC(C)(C)OC(=O)N1CC[C@@](CCc2ccccc2)(Cc2ccccc2)[C@@H](O)C1. The van der Waals surface area contributed by atoms with Gasteiger partial charge in [-0.15, -0.1) is 0 Å². The molecule has 1 aliphatic heterocycles. The molecule has 0 spiro atoms. The van der Waals surface area contributed by atoms with Crippen LogP contribution in [-0.4, -0.2) is 40.9 Å². The molecule has 0 aromatic heterocycles. The highest BCUT2D eigenvalue weighted by Crippen LogP contribution is 2.40. The van der Waals surface area contributed by atoms with Gasteiger partial charge in [0.1, 0.15) is 5.60 Å². The topological polar surface area (TPSA) is 49.8 Å². The lowest BCUT2D eigenvalue weighted by Gasteiger charge is -2.46. The Bertz CT molecular complexity index is 785. The van der Waals surface area contributed by atoms with Crippen LogP contribution in [-0.2, 0) is 17.6 Å². The van der Waals surface area contributed by atoms with Gasteiger partial charge in [0, 0.05) is 12.0 Å². The largest absolute Gasteiger partial charge is 0.444 e. The molecule has 2 aromatic carbocycles. The minimum atomic E-state index is -0.590. The number of piperidine rings is 1. The molecule has 156 valence electrons. The van der Waals surface area contributed by atoms with Gasteiger partial charge in [0.15, 0.2) is 0 Å². The fourth-order valence-electron chi connectivity index (χ4n) is 4.14. The van der Waals surface area contributed by atoms with Gasteiger partial charge in [-0.25, -0.2) is 4.79 Å². The number of hydrogen-bond donors (Lipinski definition) is 1. The predicted molar refractivity (Wildman–Crippen MR) is 116 cm³/mol. The van der Waals surface area contributed by atoms with Gasteiger partial charge in [-0.05, 0) is 57.6 Å². The summed E-state index contributed by atoms with van der Waals surface area (Å²) in [5.74, 6) is 0. The monoisotopic (exact) mass is 395 g/mol. The fourth-order valence-corrected chi connectivity index (χ4v) is 4.14. The molecule has 1 aliphatic rings. The third-order valence-corrected chi connectivity index (χ3v) is 5.78. The predicted octanol–water partition coefficient (Wildman–Crippen LogP) is 4.85. The summed E-state index contributed by atoms with van der Waals surface area (Å²) in [5, 5.41) is 11.2. The first-order valence-corrected chi connectivity index (χ1v) is 10.5. The first kappa shape index (κ1) is 21.4. The molecule has 4 heteroatoms. The van der Waals surface area contributed by atoms with E-state index in [1.807, 2.05) is 45.0 Å². The van der Waals surface area contributed by atoms with E-state index >= 15 is 0 Å². The second-order valence-corrected chi connectivity index (χ2v) is 9.20. The van der Waals surface area contributed by atoms with Crippen molar-refractivity contribution in [1.82, 2.24) is 4.90 Å². The maximum Gasteiger partial charge on any atom is 0.410 e. The van der Waals surface area contributed by atoms with Crippen LogP contribution in [0.25, 0.3) is 0 Å². The molecule has 1 heterocycles. The number of benzene rings is 2. The van der Waals surface area contributed by atoms with Gasteiger partial charge >= 0.3 is 6.09 Å². The van der Waals surface area contributed by atoms with Crippen LogP contribution in [0.15, 0.2) is 60.7 Å². The molecule has 1 amide bonds. The van der Waals surface area contributed by atoms with Gasteiger partial charge in [-0.3, -0.25) is 0 Å². The third-order valence-electron chi connectivity index (χ3n) is 5.78. The number of rotatable bonds is 5. The number of amides is 1. The number of ether oxygens (including phenoxy) is 1. The van der Waals surface area contributed by atoms with Crippen LogP contribution in [0.1, 0.15) is 44.7 Å². The third kappa shape index (κ3) is 5.83. The van der Waals surface area contributed by atoms with Crippen LogP contribution in [0.3, 0.4) is 0 Å². The van der Waals surface area contributed by atoms with Crippen molar-refractivity contribution < 1.29 is 14.6 Å². The zero-order valence-corrected chi connectivity index (χ0v) is 17.8. The molecule has 0 bridgehead atoms. The molecule has 1 N–H and O–H groups in total. The Labute approximate surface area is 174 Å². The standard InChI is InChI=1S/C25H33NO3/c1-24(2,3)29-23(28)26-17-16-25(22(27)19-26,18-21-12-8-5-9-13-21)15-14-20-10-6-4-7-11-20/h4-13,22,27H,14-19H2,1-3H3/t22-,25-/m0/s1. The van der Waals surface area contributed by atoms with Gasteiger partial charge in [0.05, 0.1) is 12.6 Å². The Balaban J connectivity index is 1.75. The zero-order chi connectivity index (χ0) is 20.9. The van der Waals surface area contributed by atoms with Gasteiger partial charge in [-0.2, -0.15) is 0 Å². The second kappa shape index (κ2) is 9.00. The van der Waals surface area contributed by atoms with E-state index in [-0.39, 0.29) is 11.5 Å². The summed E-state index contributed by atoms with van der Waals surface area (Å²) in [6, 6.07) is 20.8. The van der Waals surface area contributed by atoms with E-state index in [2.05, 4.69) is 36.4 Å². The Morgan fingerprint density at radius 3 is 2.21 bits per heavy atom. The Morgan fingerprint density at radius 1 is 1.07 bits per heavy atom. The molecule has 2 aromatic rings. The molecule has 0 saturated carbocycles. The molecule has 0 aliphatic carbocycles.